The van der Waals surface area contributed by atoms with E-state index in [2.05, 4.69) is 80.7 Å². The zero-order valence-corrected chi connectivity index (χ0v) is 20.4. The van der Waals surface area contributed by atoms with Gasteiger partial charge in [0.15, 0.2) is 0 Å². The molecule has 0 bridgehead atoms. The number of hydrogen-bond donors (Lipinski definition) is 1. The molecule has 3 nitrogen and oxygen atoms in total. The number of benzene rings is 1. The molecule has 0 atom stereocenters. The summed E-state index contributed by atoms with van der Waals surface area (Å²) in [6.07, 6.45) is 0. The summed E-state index contributed by atoms with van der Waals surface area (Å²) in [6.45, 7) is 22.3. The van der Waals surface area contributed by atoms with Gasteiger partial charge in [0.2, 0.25) is 0 Å². The Balaban J connectivity index is 2.55. The third-order valence-corrected chi connectivity index (χ3v) is 13.2. The van der Waals surface area contributed by atoms with Crippen molar-refractivity contribution in [2.45, 2.75) is 97.1 Å². The predicted octanol–water partition coefficient (Wildman–Crippen LogP) is 5.14. The van der Waals surface area contributed by atoms with Crippen LogP contribution in [0.25, 0.3) is 0 Å². The molecule has 0 aliphatic carbocycles. The third kappa shape index (κ3) is 4.06. The van der Waals surface area contributed by atoms with Crippen LogP contribution in [0.3, 0.4) is 0 Å². The molecule has 0 saturated carbocycles. The van der Waals surface area contributed by atoms with Crippen molar-refractivity contribution >= 4 is 26.3 Å². The Labute approximate surface area is 173 Å². The summed E-state index contributed by atoms with van der Waals surface area (Å²) < 4.78 is 12.6. The van der Waals surface area contributed by atoms with Gasteiger partial charge in [-0.1, -0.05) is 47.5 Å². The minimum absolute atomic E-state index is 0.390. The summed E-state index contributed by atoms with van der Waals surface area (Å²) >= 11 is 0. The lowest BCUT2D eigenvalue weighted by molar-refractivity contribution is 0.00578. The van der Waals surface area contributed by atoms with E-state index >= 15 is 0 Å². The minimum atomic E-state index is -1.82. The van der Waals surface area contributed by atoms with Crippen LogP contribution in [0.4, 0.5) is 5.69 Å². The summed E-state index contributed by atoms with van der Waals surface area (Å²) in [5.41, 5.74) is 13.5. The molecule has 0 amide bonds. The second kappa shape index (κ2) is 7.90. The van der Waals surface area contributed by atoms with Crippen molar-refractivity contribution < 1.29 is 9.31 Å². The van der Waals surface area contributed by atoms with Crippen LogP contribution in [-0.4, -0.2) is 26.4 Å². The van der Waals surface area contributed by atoms with E-state index in [1.165, 1.54) is 0 Å². The molecule has 0 radical (unpaired) electrons. The smallest absolute Gasteiger partial charge is 0.399 e. The average Bonchev–Trinajstić information content (AvgIpc) is 2.76. The topological polar surface area (TPSA) is 44.5 Å². The fourth-order valence-corrected chi connectivity index (χ4v) is 9.69. The highest BCUT2D eigenvalue weighted by Gasteiger charge is 2.52. The lowest BCUT2D eigenvalue weighted by Gasteiger charge is -2.38. The van der Waals surface area contributed by atoms with Crippen molar-refractivity contribution in [1.82, 2.24) is 0 Å². The Bertz CT molecular complexity index is 737. The molecule has 5 heteroatoms. The lowest BCUT2D eigenvalue weighted by Crippen LogP contribution is -2.43. The van der Waals surface area contributed by atoms with E-state index in [0.717, 1.165) is 11.0 Å². The first-order chi connectivity index (χ1) is 12.7. The van der Waals surface area contributed by atoms with E-state index in [1.54, 1.807) is 0 Å². The first kappa shape index (κ1) is 23.1. The SMILES string of the molecule is CC(C)[Si](C#Cc1ccc(N)cc1B1OC(C)(C)C(C)(C)O1)(C(C)C)C(C)C. The first-order valence-corrected chi connectivity index (χ1v) is 12.8. The van der Waals surface area contributed by atoms with Crippen molar-refractivity contribution in [2.75, 3.05) is 5.73 Å². The number of nitrogen functional groups attached to an aromatic ring is 1. The Hall–Kier alpha value is -1.22. The van der Waals surface area contributed by atoms with Gasteiger partial charge in [-0.05, 0) is 62.5 Å². The van der Waals surface area contributed by atoms with E-state index in [-0.39, 0.29) is 11.2 Å². The van der Waals surface area contributed by atoms with Crippen molar-refractivity contribution in [3.05, 3.63) is 23.8 Å². The second-order valence-corrected chi connectivity index (χ2v) is 15.7. The molecule has 0 spiro atoms. The van der Waals surface area contributed by atoms with Gasteiger partial charge >= 0.3 is 7.12 Å². The van der Waals surface area contributed by atoms with Gasteiger partial charge in [0, 0.05) is 16.7 Å². The fraction of sp³-hybridized carbons (Fsp3) is 0.652. The number of nitrogens with two attached hydrogens (primary N) is 1. The summed E-state index contributed by atoms with van der Waals surface area (Å²) in [5, 5.41) is 0. The Morgan fingerprint density at radius 3 is 1.79 bits per heavy atom. The molecule has 1 aromatic rings. The van der Waals surface area contributed by atoms with Gasteiger partial charge in [0.05, 0.1) is 11.2 Å². The van der Waals surface area contributed by atoms with Crippen molar-refractivity contribution in [2.24, 2.45) is 0 Å². The average molecular weight is 399 g/mol. The Morgan fingerprint density at radius 1 is 0.893 bits per heavy atom. The second-order valence-electron chi connectivity index (χ2n) is 10.1. The van der Waals surface area contributed by atoms with Crippen LogP contribution >= 0.6 is 0 Å². The van der Waals surface area contributed by atoms with E-state index in [4.69, 9.17) is 15.0 Å². The van der Waals surface area contributed by atoms with Crippen molar-refractivity contribution in [1.29, 1.82) is 0 Å². The summed E-state index contributed by atoms with van der Waals surface area (Å²) in [4.78, 5) is 0. The quantitative estimate of drug-likeness (QED) is 0.433. The zero-order chi connectivity index (χ0) is 21.5. The third-order valence-electron chi connectivity index (χ3n) is 6.86. The molecule has 2 N–H and O–H groups in total. The van der Waals surface area contributed by atoms with Crippen LogP contribution in [0.1, 0.15) is 74.8 Å². The van der Waals surface area contributed by atoms with Crippen LogP contribution in [0.15, 0.2) is 18.2 Å². The molecule has 1 aromatic carbocycles. The fourth-order valence-electron chi connectivity index (χ4n) is 4.47. The molecule has 1 heterocycles. The zero-order valence-electron chi connectivity index (χ0n) is 19.4. The van der Waals surface area contributed by atoms with Gasteiger partial charge in [-0.3, -0.25) is 0 Å². The summed E-state index contributed by atoms with van der Waals surface area (Å²) in [5.74, 6) is 3.55. The van der Waals surface area contributed by atoms with Crippen molar-refractivity contribution in [3.63, 3.8) is 0 Å². The molecule has 1 aliphatic rings. The minimum Gasteiger partial charge on any atom is -0.399 e. The highest BCUT2D eigenvalue weighted by Crippen LogP contribution is 2.41. The number of rotatable bonds is 4. The van der Waals surface area contributed by atoms with Crippen LogP contribution in [0.5, 0.6) is 0 Å². The monoisotopic (exact) mass is 399 g/mol. The maximum absolute atomic E-state index is 6.29. The molecule has 2 rings (SSSR count). The number of anilines is 1. The van der Waals surface area contributed by atoms with Gasteiger partial charge in [-0.25, -0.2) is 0 Å². The van der Waals surface area contributed by atoms with E-state index < -0.39 is 15.2 Å². The molecule has 28 heavy (non-hydrogen) atoms. The largest absolute Gasteiger partial charge is 0.496 e. The number of hydrogen-bond acceptors (Lipinski definition) is 3. The van der Waals surface area contributed by atoms with E-state index in [9.17, 15) is 0 Å². The molecule has 1 saturated heterocycles. The first-order valence-electron chi connectivity index (χ1n) is 10.5. The van der Waals surface area contributed by atoms with Gasteiger partial charge in [-0.2, -0.15) is 0 Å². The molecule has 1 fully saturated rings. The normalized spacial score (nSPS) is 18.7. The Kier molecular flexibility index (Phi) is 6.50. The summed E-state index contributed by atoms with van der Waals surface area (Å²) in [6, 6.07) is 5.89. The van der Waals surface area contributed by atoms with Crippen LogP contribution in [0.2, 0.25) is 16.6 Å². The van der Waals surface area contributed by atoms with E-state index in [0.29, 0.717) is 22.3 Å². The molecule has 0 aromatic heterocycles. The van der Waals surface area contributed by atoms with Crippen molar-refractivity contribution in [3.8, 4) is 11.5 Å². The van der Waals surface area contributed by atoms with Crippen LogP contribution < -0.4 is 11.2 Å². The van der Waals surface area contributed by atoms with Gasteiger partial charge in [-0.15, -0.1) is 5.54 Å². The maximum Gasteiger partial charge on any atom is 0.496 e. The molecular formula is C23H38BNO2Si. The highest BCUT2D eigenvalue weighted by molar-refractivity contribution is 6.90. The lowest BCUT2D eigenvalue weighted by atomic mass is 9.76. The molecule has 0 unspecified atom stereocenters. The van der Waals surface area contributed by atoms with E-state index in [1.807, 2.05) is 18.2 Å². The maximum atomic E-state index is 6.29. The molecule has 154 valence electrons. The van der Waals surface area contributed by atoms with Crippen LogP contribution in [0, 0.1) is 11.5 Å². The Morgan fingerprint density at radius 2 is 1.36 bits per heavy atom. The van der Waals surface area contributed by atoms with Gasteiger partial charge in [0.1, 0.15) is 8.07 Å². The highest BCUT2D eigenvalue weighted by atomic mass is 28.3. The van der Waals surface area contributed by atoms with Gasteiger partial charge in [0.25, 0.3) is 0 Å². The molecule has 1 aliphatic heterocycles. The van der Waals surface area contributed by atoms with Gasteiger partial charge < -0.3 is 15.0 Å². The van der Waals surface area contributed by atoms with Crippen LogP contribution in [-0.2, 0) is 9.31 Å². The standard InChI is InChI=1S/C23H38BNO2Si/c1-16(2)28(17(3)4,18(5)6)14-13-19-11-12-20(25)15-21(19)24-26-22(7,8)23(9,10)27-24/h11-12,15-18H,25H2,1-10H3. The summed E-state index contributed by atoms with van der Waals surface area (Å²) in [7, 11) is -2.27. The predicted molar refractivity (Wildman–Crippen MR) is 124 cm³/mol. The molecular weight excluding hydrogens is 361 g/mol.